The van der Waals surface area contributed by atoms with Crippen molar-refractivity contribution in [3.63, 3.8) is 0 Å². The van der Waals surface area contributed by atoms with Gasteiger partial charge in [0.25, 0.3) is 0 Å². The largest absolute Gasteiger partial charge is 0.383 e. The number of nitrogens with zero attached hydrogens (tertiary/aromatic N) is 2. The van der Waals surface area contributed by atoms with E-state index in [0.29, 0.717) is 21.6 Å². The lowest BCUT2D eigenvalue weighted by atomic mass is 9.94. The molecule has 2 aromatic rings. The van der Waals surface area contributed by atoms with Gasteiger partial charge in [-0.15, -0.1) is 0 Å². The van der Waals surface area contributed by atoms with Crippen molar-refractivity contribution in [2.75, 3.05) is 11.1 Å². The second kappa shape index (κ2) is 5.83. The van der Waals surface area contributed by atoms with Crippen molar-refractivity contribution >= 4 is 40.7 Å². The predicted octanol–water partition coefficient (Wildman–Crippen LogP) is 4.26. The molecule has 0 spiro atoms. The average Bonchev–Trinajstić information content (AvgIpc) is 2.87. The van der Waals surface area contributed by atoms with Crippen molar-refractivity contribution in [1.82, 2.24) is 9.88 Å². The molecule has 3 heterocycles. The number of benzene rings is 1. The van der Waals surface area contributed by atoms with Crippen LogP contribution < -0.4 is 11.1 Å². The monoisotopic (exact) mass is 362 g/mol. The molecule has 1 saturated heterocycles. The van der Waals surface area contributed by atoms with Crippen LogP contribution in [0, 0.1) is 0 Å². The van der Waals surface area contributed by atoms with Crippen molar-refractivity contribution in [2.45, 2.75) is 31.3 Å². The third-order valence-corrected chi connectivity index (χ3v) is 5.57. The minimum absolute atomic E-state index is 0.0480. The average molecular weight is 363 g/mol. The second-order valence-electron chi connectivity index (χ2n) is 6.18. The molecule has 4 rings (SSSR count). The Labute approximate surface area is 149 Å². The fraction of sp³-hybridized carbons (Fsp3) is 0.294. The molecule has 2 unspecified atom stereocenters. The molecule has 24 heavy (non-hydrogen) atoms. The third kappa shape index (κ3) is 2.48. The predicted molar refractivity (Wildman–Crippen MR) is 95.4 cm³/mol. The van der Waals surface area contributed by atoms with Gasteiger partial charge in [0.05, 0.1) is 16.1 Å². The number of anilines is 2. The molecule has 2 atom stereocenters. The lowest BCUT2D eigenvalue weighted by Gasteiger charge is -2.36. The normalized spacial score (nSPS) is 21.5. The Bertz CT molecular complexity index is 826. The first-order valence-corrected chi connectivity index (χ1v) is 8.58. The summed E-state index contributed by atoms with van der Waals surface area (Å²) in [6.07, 6.45) is 4.37. The van der Waals surface area contributed by atoms with Crippen LogP contribution in [0.4, 0.5) is 16.3 Å². The number of carbonyl (C=O) groups excluding carboxylic acids is 1. The summed E-state index contributed by atoms with van der Waals surface area (Å²) in [7, 11) is 0. The number of amides is 2. The molecular formula is C17H16Cl2N4O. The van der Waals surface area contributed by atoms with Gasteiger partial charge in [0.2, 0.25) is 0 Å². The van der Waals surface area contributed by atoms with E-state index in [1.807, 2.05) is 11.0 Å². The van der Waals surface area contributed by atoms with E-state index in [0.717, 1.165) is 30.4 Å². The Morgan fingerprint density at radius 3 is 2.88 bits per heavy atom. The second-order valence-corrected chi connectivity index (χ2v) is 7.00. The molecule has 2 aliphatic rings. The van der Waals surface area contributed by atoms with Gasteiger partial charge in [0.1, 0.15) is 5.82 Å². The van der Waals surface area contributed by atoms with Gasteiger partial charge in [-0.2, -0.15) is 0 Å². The molecule has 0 radical (unpaired) electrons. The first kappa shape index (κ1) is 15.5. The standard InChI is InChI=1S/C17H16Cl2N4O/c18-13-3-1-9(7-14(13)19)22-17(24)23-10-2-4-15(23)11-5-6-21-16(20)12(11)8-10/h1,3,5-7,10,15H,2,4,8H2,(H2,20,21)(H,22,24). The van der Waals surface area contributed by atoms with Gasteiger partial charge < -0.3 is 16.0 Å². The number of nitrogens with one attached hydrogen (secondary N) is 1. The zero-order chi connectivity index (χ0) is 16.8. The molecule has 0 aliphatic carbocycles. The Morgan fingerprint density at radius 1 is 1.25 bits per heavy atom. The van der Waals surface area contributed by atoms with Crippen LogP contribution in [-0.2, 0) is 6.42 Å². The van der Waals surface area contributed by atoms with E-state index in [1.165, 1.54) is 0 Å². The lowest BCUT2D eigenvalue weighted by molar-refractivity contribution is 0.179. The highest BCUT2D eigenvalue weighted by atomic mass is 35.5. The van der Waals surface area contributed by atoms with E-state index >= 15 is 0 Å². The molecule has 2 bridgehead atoms. The Morgan fingerprint density at radius 2 is 2.08 bits per heavy atom. The van der Waals surface area contributed by atoms with Crippen molar-refractivity contribution in [3.8, 4) is 0 Å². The fourth-order valence-electron chi connectivity index (χ4n) is 3.75. The molecule has 3 N–H and O–H groups in total. The van der Waals surface area contributed by atoms with Crippen LogP contribution in [0.1, 0.15) is 30.0 Å². The first-order valence-electron chi connectivity index (χ1n) is 7.82. The number of aromatic nitrogens is 1. The molecule has 2 amide bonds. The number of fused-ring (bicyclic) bond motifs is 4. The molecular weight excluding hydrogens is 347 g/mol. The van der Waals surface area contributed by atoms with Gasteiger partial charge in [0, 0.05) is 23.5 Å². The molecule has 1 aromatic carbocycles. The summed E-state index contributed by atoms with van der Waals surface area (Å²) >= 11 is 11.9. The van der Waals surface area contributed by atoms with Gasteiger partial charge in [-0.05, 0) is 49.1 Å². The van der Waals surface area contributed by atoms with Crippen molar-refractivity contribution in [3.05, 3.63) is 51.6 Å². The Hall–Kier alpha value is -1.98. The molecule has 1 aromatic heterocycles. The van der Waals surface area contributed by atoms with Crippen LogP contribution in [0.15, 0.2) is 30.5 Å². The van der Waals surface area contributed by atoms with E-state index in [9.17, 15) is 4.79 Å². The quantitative estimate of drug-likeness (QED) is 0.795. The number of hydrogen-bond acceptors (Lipinski definition) is 3. The topological polar surface area (TPSA) is 71.2 Å². The maximum absolute atomic E-state index is 12.8. The maximum Gasteiger partial charge on any atom is 0.322 e. The van der Waals surface area contributed by atoms with Crippen LogP contribution in [0.3, 0.4) is 0 Å². The zero-order valence-corrected chi connectivity index (χ0v) is 14.3. The van der Waals surface area contributed by atoms with E-state index in [2.05, 4.69) is 10.3 Å². The number of carbonyl (C=O) groups is 1. The summed E-state index contributed by atoms with van der Waals surface area (Å²) in [5.74, 6) is 0.578. The third-order valence-electron chi connectivity index (χ3n) is 4.83. The summed E-state index contributed by atoms with van der Waals surface area (Å²) in [6, 6.07) is 7.12. The number of nitrogens with two attached hydrogens (primary N) is 1. The molecule has 5 nitrogen and oxygen atoms in total. The molecule has 1 fully saturated rings. The smallest absolute Gasteiger partial charge is 0.322 e. The molecule has 2 aliphatic heterocycles. The van der Waals surface area contributed by atoms with Crippen molar-refractivity contribution in [1.29, 1.82) is 0 Å². The lowest BCUT2D eigenvalue weighted by Crippen LogP contribution is -2.44. The van der Waals surface area contributed by atoms with E-state index < -0.39 is 0 Å². The minimum atomic E-state index is -0.123. The summed E-state index contributed by atoms with van der Waals surface area (Å²) in [5.41, 5.74) is 8.84. The number of halogens is 2. The van der Waals surface area contributed by atoms with E-state index in [1.54, 1.807) is 24.4 Å². The molecule has 7 heteroatoms. The van der Waals surface area contributed by atoms with Crippen LogP contribution in [0.2, 0.25) is 10.0 Å². The van der Waals surface area contributed by atoms with Crippen LogP contribution in [0.5, 0.6) is 0 Å². The van der Waals surface area contributed by atoms with Crippen LogP contribution in [-0.4, -0.2) is 22.0 Å². The van der Waals surface area contributed by atoms with E-state index in [-0.39, 0.29) is 18.1 Å². The first-order chi connectivity index (χ1) is 11.5. The minimum Gasteiger partial charge on any atom is -0.383 e. The fourth-order valence-corrected chi connectivity index (χ4v) is 4.05. The van der Waals surface area contributed by atoms with Gasteiger partial charge in [-0.3, -0.25) is 0 Å². The summed E-state index contributed by atoms with van der Waals surface area (Å²) in [4.78, 5) is 18.9. The molecule has 124 valence electrons. The Kier molecular flexibility index (Phi) is 3.77. The SMILES string of the molecule is Nc1nccc2c1CC1CCC2N1C(=O)Nc1ccc(Cl)c(Cl)c1. The zero-order valence-electron chi connectivity index (χ0n) is 12.8. The summed E-state index contributed by atoms with van der Waals surface area (Å²) < 4.78 is 0. The Balaban J connectivity index is 1.61. The highest BCUT2D eigenvalue weighted by molar-refractivity contribution is 6.42. The highest BCUT2D eigenvalue weighted by Crippen LogP contribution is 2.45. The van der Waals surface area contributed by atoms with Gasteiger partial charge >= 0.3 is 6.03 Å². The number of hydrogen-bond donors (Lipinski definition) is 2. The summed E-state index contributed by atoms with van der Waals surface area (Å²) in [6.45, 7) is 0. The van der Waals surface area contributed by atoms with Crippen LogP contribution in [0.25, 0.3) is 0 Å². The van der Waals surface area contributed by atoms with Gasteiger partial charge in [0.15, 0.2) is 0 Å². The van der Waals surface area contributed by atoms with Crippen LogP contribution >= 0.6 is 23.2 Å². The maximum atomic E-state index is 12.8. The van der Waals surface area contributed by atoms with Crippen molar-refractivity contribution in [2.24, 2.45) is 0 Å². The highest BCUT2D eigenvalue weighted by Gasteiger charge is 2.43. The van der Waals surface area contributed by atoms with Gasteiger partial charge in [-0.25, -0.2) is 9.78 Å². The number of pyridine rings is 1. The summed E-state index contributed by atoms with van der Waals surface area (Å²) in [5, 5.41) is 3.80. The van der Waals surface area contributed by atoms with Crippen molar-refractivity contribution < 1.29 is 4.79 Å². The molecule has 0 saturated carbocycles. The number of urea groups is 1. The van der Waals surface area contributed by atoms with Gasteiger partial charge in [-0.1, -0.05) is 23.2 Å². The van der Waals surface area contributed by atoms with E-state index in [4.69, 9.17) is 28.9 Å². The number of rotatable bonds is 1. The number of nitrogen functional groups attached to an aromatic ring is 1.